The Morgan fingerprint density at radius 3 is 2.32 bits per heavy atom. The summed E-state index contributed by atoms with van der Waals surface area (Å²) in [5, 5.41) is 0. The molecule has 0 N–H and O–H groups in total. The van der Waals surface area contributed by atoms with Gasteiger partial charge in [0.1, 0.15) is 12.4 Å². The van der Waals surface area contributed by atoms with Crippen molar-refractivity contribution in [2.45, 2.75) is 19.8 Å². The molecule has 0 radical (unpaired) electrons. The van der Waals surface area contributed by atoms with E-state index < -0.39 is 0 Å². The van der Waals surface area contributed by atoms with Crippen LogP contribution in [0, 0.1) is 5.92 Å². The maximum absolute atomic E-state index is 12.4. The van der Waals surface area contributed by atoms with Crippen molar-refractivity contribution in [3.8, 4) is 5.75 Å². The summed E-state index contributed by atoms with van der Waals surface area (Å²) in [6, 6.07) is 9.97. The molecule has 5 heteroatoms. The molecule has 1 amide bonds. The number of para-hydroxylation sites is 1. The Hall–Kier alpha value is -1.59. The second-order valence-electron chi connectivity index (χ2n) is 7.34. The average Bonchev–Trinajstić information content (AvgIpc) is 2.64. The zero-order valence-electron chi connectivity index (χ0n) is 15.4. The molecule has 138 valence electrons. The number of amides is 1. The molecule has 5 nitrogen and oxygen atoms in total. The number of carbonyl (C=O) groups excluding carboxylic acids is 1. The fourth-order valence-corrected chi connectivity index (χ4v) is 3.53. The molecule has 2 heterocycles. The summed E-state index contributed by atoms with van der Waals surface area (Å²) in [7, 11) is 0. The number of piperazine rings is 1. The first-order valence-electron chi connectivity index (χ1n) is 9.61. The predicted molar refractivity (Wildman–Crippen MR) is 99.8 cm³/mol. The van der Waals surface area contributed by atoms with Crippen LogP contribution < -0.4 is 4.74 Å². The van der Waals surface area contributed by atoms with Gasteiger partial charge in [-0.2, -0.15) is 0 Å². The van der Waals surface area contributed by atoms with Gasteiger partial charge in [-0.15, -0.1) is 0 Å². The molecular weight excluding hydrogens is 314 g/mol. The van der Waals surface area contributed by atoms with Crippen molar-refractivity contribution in [3.63, 3.8) is 0 Å². The quantitative estimate of drug-likeness (QED) is 0.789. The lowest BCUT2D eigenvalue weighted by atomic mass is 9.99. The second kappa shape index (κ2) is 9.20. The van der Waals surface area contributed by atoms with Crippen LogP contribution >= 0.6 is 0 Å². The highest BCUT2D eigenvalue weighted by atomic mass is 16.5. The minimum Gasteiger partial charge on any atom is -0.492 e. The highest BCUT2D eigenvalue weighted by Crippen LogP contribution is 2.16. The van der Waals surface area contributed by atoms with E-state index in [2.05, 4.69) is 21.6 Å². The number of ether oxygens (including phenoxy) is 1. The third-order valence-electron chi connectivity index (χ3n) is 5.38. The van der Waals surface area contributed by atoms with Crippen LogP contribution in [0.3, 0.4) is 0 Å². The predicted octanol–water partition coefficient (Wildman–Crippen LogP) is 1.94. The summed E-state index contributed by atoms with van der Waals surface area (Å²) in [4.78, 5) is 19.2. The lowest BCUT2D eigenvalue weighted by molar-refractivity contribution is -0.134. The molecule has 2 fully saturated rings. The molecule has 2 aliphatic heterocycles. The molecule has 1 aromatic rings. The van der Waals surface area contributed by atoms with E-state index in [1.165, 1.54) is 0 Å². The fraction of sp³-hybridized carbons (Fsp3) is 0.650. The van der Waals surface area contributed by atoms with Crippen LogP contribution in [0.5, 0.6) is 5.75 Å². The van der Waals surface area contributed by atoms with Gasteiger partial charge in [0.15, 0.2) is 0 Å². The SMILES string of the molecule is CC1CCN(C(=O)CN2CCN(CCOc3ccccc3)CC2)CC1. The van der Waals surface area contributed by atoms with E-state index in [1.54, 1.807) is 0 Å². The number of nitrogens with zero attached hydrogens (tertiary/aromatic N) is 3. The van der Waals surface area contributed by atoms with Crippen LogP contribution in [0.2, 0.25) is 0 Å². The largest absolute Gasteiger partial charge is 0.492 e. The van der Waals surface area contributed by atoms with Crippen molar-refractivity contribution in [1.82, 2.24) is 14.7 Å². The Labute approximate surface area is 151 Å². The highest BCUT2D eigenvalue weighted by molar-refractivity contribution is 5.78. The van der Waals surface area contributed by atoms with Crippen molar-refractivity contribution in [1.29, 1.82) is 0 Å². The Balaban J connectivity index is 1.31. The molecule has 0 spiro atoms. The smallest absolute Gasteiger partial charge is 0.236 e. The van der Waals surface area contributed by atoms with Gasteiger partial charge < -0.3 is 9.64 Å². The van der Waals surface area contributed by atoms with Gasteiger partial charge in [0.25, 0.3) is 0 Å². The van der Waals surface area contributed by atoms with Crippen molar-refractivity contribution in [2.24, 2.45) is 5.92 Å². The molecule has 2 saturated heterocycles. The average molecular weight is 345 g/mol. The van der Waals surface area contributed by atoms with E-state index in [0.29, 0.717) is 12.5 Å². The first-order chi connectivity index (χ1) is 12.2. The number of piperidine rings is 1. The highest BCUT2D eigenvalue weighted by Gasteiger charge is 2.24. The second-order valence-corrected chi connectivity index (χ2v) is 7.34. The van der Waals surface area contributed by atoms with Crippen molar-refractivity contribution < 1.29 is 9.53 Å². The number of likely N-dealkylation sites (tertiary alicyclic amines) is 1. The molecule has 2 aliphatic rings. The Morgan fingerprint density at radius 1 is 1.00 bits per heavy atom. The summed E-state index contributed by atoms with van der Waals surface area (Å²) < 4.78 is 5.77. The van der Waals surface area contributed by atoms with E-state index in [-0.39, 0.29) is 0 Å². The molecule has 25 heavy (non-hydrogen) atoms. The molecule has 0 aliphatic carbocycles. The van der Waals surface area contributed by atoms with Gasteiger partial charge in [-0.3, -0.25) is 14.6 Å². The third kappa shape index (κ3) is 5.72. The lowest BCUT2D eigenvalue weighted by Crippen LogP contribution is -2.51. The van der Waals surface area contributed by atoms with Crippen molar-refractivity contribution >= 4 is 5.91 Å². The maximum Gasteiger partial charge on any atom is 0.236 e. The number of carbonyl (C=O) groups is 1. The lowest BCUT2D eigenvalue weighted by Gasteiger charge is -2.36. The van der Waals surface area contributed by atoms with Gasteiger partial charge >= 0.3 is 0 Å². The minimum absolute atomic E-state index is 0.313. The molecule has 3 rings (SSSR count). The molecule has 0 aromatic heterocycles. The zero-order valence-corrected chi connectivity index (χ0v) is 15.4. The summed E-state index contributed by atoms with van der Waals surface area (Å²) in [5.74, 6) is 2.01. The maximum atomic E-state index is 12.4. The Bertz CT molecular complexity index is 521. The van der Waals surface area contributed by atoms with Crippen LogP contribution in [0.4, 0.5) is 0 Å². The third-order valence-corrected chi connectivity index (χ3v) is 5.38. The molecule has 0 unspecified atom stereocenters. The fourth-order valence-electron chi connectivity index (χ4n) is 3.53. The number of hydrogen-bond acceptors (Lipinski definition) is 4. The van der Waals surface area contributed by atoms with Crippen LogP contribution in [-0.2, 0) is 4.79 Å². The van der Waals surface area contributed by atoms with E-state index >= 15 is 0 Å². The van der Waals surface area contributed by atoms with Crippen LogP contribution in [0.25, 0.3) is 0 Å². The van der Waals surface area contributed by atoms with Crippen molar-refractivity contribution in [2.75, 3.05) is 59.0 Å². The molecular formula is C20H31N3O2. The van der Waals surface area contributed by atoms with Gasteiger partial charge in [0.2, 0.25) is 5.91 Å². The van der Waals surface area contributed by atoms with E-state index in [1.807, 2.05) is 30.3 Å². The summed E-state index contributed by atoms with van der Waals surface area (Å²) in [6.45, 7) is 10.4. The zero-order chi connectivity index (χ0) is 17.5. The normalized spacial score (nSPS) is 20.6. The first kappa shape index (κ1) is 18.2. The van der Waals surface area contributed by atoms with Gasteiger partial charge in [0.05, 0.1) is 6.54 Å². The molecule has 0 saturated carbocycles. The van der Waals surface area contributed by atoms with Crippen LogP contribution in [0.1, 0.15) is 19.8 Å². The van der Waals surface area contributed by atoms with Gasteiger partial charge in [-0.1, -0.05) is 25.1 Å². The first-order valence-corrected chi connectivity index (χ1v) is 9.61. The van der Waals surface area contributed by atoms with Gasteiger partial charge in [0, 0.05) is 45.8 Å². The minimum atomic E-state index is 0.313. The molecule has 1 aromatic carbocycles. The standard InChI is InChI=1S/C20H31N3O2/c1-18-7-9-23(10-8-18)20(24)17-22-13-11-21(12-14-22)15-16-25-19-5-3-2-4-6-19/h2-6,18H,7-17H2,1H3. The van der Waals surface area contributed by atoms with Crippen LogP contribution in [-0.4, -0.2) is 79.6 Å². The summed E-state index contributed by atoms with van der Waals surface area (Å²) >= 11 is 0. The van der Waals surface area contributed by atoms with E-state index in [9.17, 15) is 4.79 Å². The van der Waals surface area contributed by atoms with Gasteiger partial charge in [-0.25, -0.2) is 0 Å². The number of rotatable bonds is 6. The van der Waals surface area contributed by atoms with Crippen molar-refractivity contribution in [3.05, 3.63) is 30.3 Å². The molecule has 0 bridgehead atoms. The monoisotopic (exact) mass is 345 g/mol. The number of hydrogen-bond donors (Lipinski definition) is 0. The molecule has 0 atom stereocenters. The summed E-state index contributed by atoms with van der Waals surface area (Å²) in [5.41, 5.74) is 0. The summed E-state index contributed by atoms with van der Waals surface area (Å²) in [6.07, 6.45) is 2.31. The van der Waals surface area contributed by atoms with E-state index in [4.69, 9.17) is 4.74 Å². The Kier molecular flexibility index (Phi) is 6.70. The van der Waals surface area contributed by atoms with E-state index in [0.717, 1.165) is 76.9 Å². The van der Waals surface area contributed by atoms with Gasteiger partial charge in [-0.05, 0) is 30.9 Å². The van der Waals surface area contributed by atoms with Crippen LogP contribution in [0.15, 0.2) is 30.3 Å². The Morgan fingerprint density at radius 2 is 1.64 bits per heavy atom. The number of benzene rings is 1. The topological polar surface area (TPSA) is 36.0 Å².